The van der Waals surface area contributed by atoms with Crippen LogP contribution in [0.4, 0.5) is 0 Å². The molecule has 0 heterocycles. The Bertz CT molecular complexity index is 3640. The number of rotatable bonds is 0. The lowest BCUT2D eigenvalue weighted by atomic mass is 9.90. The van der Waals surface area contributed by atoms with Crippen LogP contribution >= 0.6 is 0 Å². The van der Waals surface area contributed by atoms with Crippen molar-refractivity contribution in [1.29, 1.82) is 0 Å². The van der Waals surface area contributed by atoms with Gasteiger partial charge in [0.25, 0.3) is 0 Å². The van der Waals surface area contributed by atoms with Gasteiger partial charge in [0, 0.05) is 11.8 Å². The fourth-order valence-electron chi connectivity index (χ4n) is 14.7. The van der Waals surface area contributed by atoms with Crippen molar-refractivity contribution in [2.24, 2.45) is 0 Å². The molecule has 5 aromatic carbocycles. The van der Waals surface area contributed by atoms with Gasteiger partial charge in [-0.2, -0.15) is 0 Å². The molecule has 0 saturated heterocycles. The summed E-state index contributed by atoms with van der Waals surface area (Å²) in [6.07, 6.45) is 25.6. The lowest BCUT2D eigenvalue weighted by Crippen LogP contribution is -1.99. The molecule has 10 aliphatic rings. The third-order valence-corrected chi connectivity index (χ3v) is 20.4. The Hall–Kier alpha value is -7.02. The Kier molecular flexibility index (Phi) is 14.1. The number of allylic oxidation sites excluding steroid dienone is 14. The van der Waals surface area contributed by atoms with Crippen molar-refractivity contribution in [2.75, 3.05) is 0 Å². The molecule has 0 nitrogen and oxygen atoms in total. The summed E-state index contributed by atoms with van der Waals surface area (Å²) in [5.74, 6) is 1.20. The topological polar surface area (TPSA) is 0 Å². The Morgan fingerprint density at radius 2 is 0.625 bits per heavy atom. The highest BCUT2D eigenvalue weighted by Gasteiger charge is 2.28. The Labute approximate surface area is 482 Å². The van der Waals surface area contributed by atoms with E-state index >= 15 is 0 Å². The van der Waals surface area contributed by atoms with Gasteiger partial charge in [-0.05, 0) is 328 Å². The van der Waals surface area contributed by atoms with Crippen molar-refractivity contribution in [3.8, 4) is 0 Å². The van der Waals surface area contributed by atoms with Crippen LogP contribution in [0.3, 0.4) is 0 Å². The maximum absolute atomic E-state index is 4.13. The molecule has 0 aliphatic heterocycles. The van der Waals surface area contributed by atoms with Gasteiger partial charge in [0.05, 0.1) is 0 Å². The number of fused-ring (bicyclic) bond motifs is 10. The lowest BCUT2D eigenvalue weighted by Gasteiger charge is -2.14. The Morgan fingerprint density at radius 3 is 0.925 bits per heavy atom. The molecule has 406 valence electrons. The predicted octanol–water partition coefficient (Wildman–Crippen LogP) is 22.1. The zero-order valence-electron chi connectivity index (χ0n) is 51.9. The van der Waals surface area contributed by atoms with Gasteiger partial charge in [-0.1, -0.05) is 144 Å². The van der Waals surface area contributed by atoms with Crippen LogP contribution in [0.2, 0.25) is 0 Å². The summed E-state index contributed by atoms with van der Waals surface area (Å²) in [4.78, 5) is 0. The number of hydrogen-bond acceptors (Lipinski definition) is 0. The first kappa shape index (κ1) is 54.9. The van der Waals surface area contributed by atoms with Crippen LogP contribution in [0.5, 0.6) is 0 Å². The third kappa shape index (κ3) is 9.33. The molecule has 2 unspecified atom stereocenters. The summed E-state index contributed by atoms with van der Waals surface area (Å²) >= 11 is 0. The first-order valence-corrected chi connectivity index (χ1v) is 29.8. The second-order valence-electron chi connectivity index (χ2n) is 26.0. The molecule has 0 fully saturated rings. The molecule has 2 atom stereocenters. The Balaban J connectivity index is 0.000000105. The van der Waals surface area contributed by atoms with E-state index in [1.807, 2.05) is 0 Å². The average Bonchev–Trinajstić information content (AvgIpc) is 4.49. The monoisotopic (exact) mass is 1050 g/mol. The van der Waals surface area contributed by atoms with E-state index in [2.05, 4.69) is 223 Å². The van der Waals surface area contributed by atoms with E-state index in [4.69, 9.17) is 0 Å². The van der Waals surface area contributed by atoms with Crippen molar-refractivity contribution in [3.63, 3.8) is 0 Å². The predicted molar refractivity (Wildman–Crippen MR) is 354 cm³/mol. The molecular formula is C80H86. The van der Waals surface area contributed by atoms with Gasteiger partial charge >= 0.3 is 0 Å². The van der Waals surface area contributed by atoms with Crippen LogP contribution in [0, 0.1) is 27.7 Å². The lowest BCUT2D eigenvalue weighted by molar-refractivity contribution is 0.903. The molecule has 80 heavy (non-hydrogen) atoms. The molecule has 15 rings (SSSR count). The van der Waals surface area contributed by atoms with Crippen LogP contribution in [0.25, 0.3) is 70.9 Å². The smallest absolute Gasteiger partial charge is 0.00265 e. The van der Waals surface area contributed by atoms with E-state index in [0.29, 0.717) is 11.8 Å². The van der Waals surface area contributed by atoms with Gasteiger partial charge in [-0.15, -0.1) is 0 Å². The summed E-state index contributed by atoms with van der Waals surface area (Å²) in [6, 6.07) is 14.1. The minimum absolute atomic E-state index is 0.602. The van der Waals surface area contributed by atoms with Gasteiger partial charge < -0.3 is 0 Å². The second-order valence-corrected chi connectivity index (χ2v) is 26.0. The Morgan fingerprint density at radius 1 is 0.325 bits per heavy atom. The highest BCUT2D eigenvalue weighted by Crippen LogP contribution is 2.46. The van der Waals surface area contributed by atoms with E-state index in [0.717, 1.165) is 49.7 Å². The van der Waals surface area contributed by atoms with Crippen molar-refractivity contribution >= 4 is 70.9 Å². The van der Waals surface area contributed by atoms with Gasteiger partial charge in [0.15, 0.2) is 0 Å². The molecule has 0 N–H and O–H groups in total. The van der Waals surface area contributed by atoms with E-state index < -0.39 is 0 Å². The SMILES string of the molecule is C=C1C(C)=Cc2cc3c(cc21)C=C(C)C3=C.CC1=C(C)c2cc3c(cc2C1)C(C)=C(C)C3.CC1=Cc2c(C)c3c(c(C)c2C1)C=C(C)C3.CC1=Cc2c(C)c3c(c(C)c2C1)C=C(C)C3.CC1=Cc2cc3c(cc2C1C)C=C(C)C3C. The number of benzene rings is 5. The van der Waals surface area contributed by atoms with Gasteiger partial charge in [-0.3, -0.25) is 0 Å². The zero-order chi connectivity index (χ0) is 57.2. The van der Waals surface area contributed by atoms with Crippen molar-refractivity contribution in [2.45, 2.75) is 175 Å². The fourth-order valence-corrected chi connectivity index (χ4v) is 14.7. The summed E-state index contributed by atoms with van der Waals surface area (Å²) in [5, 5.41) is 0. The standard InChI is InChI=1S/2C16H18.C16H14.2C16H18/c3*1-9-5-13-7-16-12(4)10(2)6-14(16)8-15(13)11(9)3;2*1-9-5-13-11(3)15-7-10(2)8-16(15)12(4)14(13)6-9/h7-8H,5-6H2,1-4H3;5-8,11-12H,1-4H3;5-8H,3-4H2,1-2H3;2*5,8H,6-7H2,1-4H3. The van der Waals surface area contributed by atoms with Gasteiger partial charge in [0.2, 0.25) is 0 Å². The van der Waals surface area contributed by atoms with Crippen LogP contribution in [0.1, 0.15) is 242 Å². The normalized spacial score (nSPS) is 19.1. The number of hydrogen-bond donors (Lipinski definition) is 0. The zero-order valence-corrected chi connectivity index (χ0v) is 51.9. The van der Waals surface area contributed by atoms with Crippen molar-refractivity contribution < 1.29 is 0 Å². The molecule has 0 saturated carbocycles. The molecule has 0 heteroatoms. The third-order valence-electron chi connectivity index (χ3n) is 20.4. The van der Waals surface area contributed by atoms with Crippen molar-refractivity contribution in [3.05, 3.63) is 239 Å². The van der Waals surface area contributed by atoms with Crippen molar-refractivity contribution in [1.82, 2.24) is 0 Å². The van der Waals surface area contributed by atoms with E-state index in [1.54, 1.807) is 22.3 Å². The molecule has 0 spiro atoms. The molecular weight excluding hydrogens is 961 g/mol. The van der Waals surface area contributed by atoms with E-state index in [9.17, 15) is 0 Å². The summed E-state index contributed by atoms with van der Waals surface area (Å²) in [6.45, 7) is 48.7. The molecule has 0 radical (unpaired) electrons. The largest absolute Gasteiger partial charge is 0.0909 e. The average molecular weight is 1050 g/mol. The van der Waals surface area contributed by atoms with Crippen LogP contribution < -0.4 is 0 Å². The van der Waals surface area contributed by atoms with Crippen LogP contribution in [-0.2, 0) is 38.5 Å². The molecule has 10 aliphatic carbocycles. The van der Waals surface area contributed by atoms with Crippen LogP contribution in [-0.4, -0.2) is 0 Å². The highest BCUT2D eigenvalue weighted by molar-refractivity contribution is 6.00. The summed E-state index contributed by atoms with van der Waals surface area (Å²) in [7, 11) is 0. The van der Waals surface area contributed by atoms with E-state index in [-0.39, 0.29) is 0 Å². The molecule has 0 amide bonds. The second kappa shape index (κ2) is 20.5. The summed E-state index contributed by atoms with van der Waals surface area (Å²) in [5.41, 5.74) is 55.4. The first-order valence-electron chi connectivity index (χ1n) is 29.8. The van der Waals surface area contributed by atoms with Crippen LogP contribution in [0.15, 0.2) is 105 Å². The first-order chi connectivity index (χ1) is 37.9. The molecule has 0 bridgehead atoms. The quantitative estimate of drug-likeness (QED) is 0.145. The van der Waals surface area contributed by atoms with Gasteiger partial charge in [-0.25, -0.2) is 0 Å². The molecule has 0 aromatic heterocycles. The van der Waals surface area contributed by atoms with E-state index in [1.165, 1.54) is 178 Å². The maximum Gasteiger partial charge on any atom is 0.00265 e. The van der Waals surface area contributed by atoms with Gasteiger partial charge in [0.1, 0.15) is 0 Å². The molecule has 5 aromatic rings. The maximum atomic E-state index is 4.13. The highest BCUT2D eigenvalue weighted by atomic mass is 14.3. The fraction of sp³-hybridized carbons (Fsp3) is 0.325. The minimum Gasteiger partial charge on any atom is -0.0909 e. The summed E-state index contributed by atoms with van der Waals surface area (Å²) < 4.78 is 0. The minimum atomic E-state index is 0.602.